The number of imide groups is 1. The monoisotopic (exact) mass is 555 g/mol. The van der Waals surface area contributed by atoms with Gasteiger partial charge in [0.1, 0.15) is 6.04 Å². The number of amides is 4. The molecule has 0 bridgehead atoms. The molecule has 0 saturated carbocycles. The molecule has 7 nitrogen and oxygen atoms in total. The van der Waals surface area contributed by atoms with Gasteiger partial charge in [-0.2, -0.15) is 0 Å². The summed E-state index contributed by atoms with van der Waals surface area (Å²) >= 11 is 12.9. The molecular formula is C29H31Cl2N3O4. The maximum absolute atomic E-state index is 13.8. The number of hydrogen-bond donors (Lipinski definition) is 1. The molecule has 4 amide bonds. The number of rotatable bonds is 10. The van der Waals surface area contributed by atoms with Crippen molar-refractivity contribution >= 4 is 46.8 Å². The summed E-state index contributed by atoms with van der Waals surface area (Å²) in [5, 5.41) is 3.60. The van der Waals surface area contributed by atoms with Crippen molar-refractivity contribution in [2.24, 2.45) is 11.8 Å². The Balaban J connectivity index is 1.61. The number of carbonyl (C=O) groups is 4. The van der Waals surface area contributed by atoms with Gasteiger partial charge in [0.05, 0.1) is 11.8 Å². The van der Waals surface area contributed by atoms with Crippen molar-refractivity contribution in [3.05, 3.63) is 81.9 Å². The molecule has 2 aromatic carbocycles. The van der Waals surface area contributed by atoms with E-state index in [9.17, 15) is 19.2 Å². The number of fused-ring (bicyclic) bond motifs is 1. The molecule has 2 aliphatic rings. The van der Waals surface area contributed by atoms with E-state index >= 15 is 0 Å². The van der Waals surface area contributed by atoms with Gasteiger partial charge in [-0.05, 0) is 37.5 Å². The van der Waals surface area contributed by atoms with Crippen molar-refractivity contribution in [1.29, 1.82) is 0 Å². The number of carbonyl (C=O) groups excluding carboxylic acids is 4. The molecule has 1 aliphatic carbocycles. The largest absolute Gasteiger partial charge is 0.355 e. The second kappa shape index (κ2) is 12.6. The van der Waals surface area contributed by atoms with Crippen LogP contribution in [0.3, 0.4) is 0 Å². The lowest BCUT2D eigenvalue weighted by Crippen LogP contribution is -2.51. The quantitative estimate of drug-likeness (QED) is 0.347. The lowest BCUT2D eigenvalue weighted by atomic mass is 9.85. The Morgan fingerprint density at radius 2 is 1.58 bits per heavy atom. The molecule has 38 heavy (non-hydrogen) atoms. The molecule has 0 aromatic heterocycles. The predicted octanol–water partition coefficient (Wildman–Crippen LogP) is 4.41. The van der Waals surface area contributed by atoms with Crippen molar-refractivity contribution in [3.63, 3.8) is 0 Å². The maximum atomic E-state index is 13.8. The Labute approximate surface area is 232 Å². The fourth-order valence-electron chi connectivity index (χ4n) is 5.14. The second-order valence-electron chi connectivity index (χ2n) is 9.56. The van der Waals surface area contributed by atoms with Crippen LogP contribution in [0.5, 0.6) is 0 Å². The van der Waals surface area contributed by atoms with Gasteiger partial charge in [-0.3, -0.25) is 24.1 Å². The second-order valence-corrected chi connectivity index (χ2v) is 10.4. The van der Waals surface area contributed by atoms with Crippen LogP contribution in [0, 0.1) is 11.8 Å². The van der Waals surface area contributed by atoms with E-state index in [4.69, 9.17) is 23.2 Å². The van der Waals surface area contributed by atoms with Crippen LogP contribution in [-0.2, 0) is 32.1 Å². The van der Waals surface area contributed by atoms with E-state index < -0.39 is 6.04 Å². The molecule has 0 unspecified atom stereocenters. The highest BCUT2D eigenvalue weighted by Crippen LogP contribution is 2.35. The number of allylic oxidation sites excluding steroid dienone is 2. The van der Waals surface area contributed by atoms with Crippen LogP contribution in [-0.4, -0.2) is 52.6 Å². The van der Waals surface area contributed by atoms with Gasteiger partial charge in [-0.1, -0.05) is 71.8 Å². The first-order chi connectivity index (χ1) is 18.3. The zero-order chi connectivity index (χ0) is 27.2. The van der Waals surface area contributed by atoms with Gasteiger partial charge in [0.25, 0.3) is 0 Å². The standard InChI is InChI=1S/C29H31Cl2N3O4/c1-2-32-27(36)25(17-19-9-4-3-5-10-19)34(18-22-23(30)13-8-14-24(22)31)26(35)15-16-33-28(37)20-11-6-7-12-21(20)29(33)38/h3-10,13-14,20-21,25H,2,11-12,15-18H2,1H3,(H,32,36)/t20-,21+,25-/m1/s1. The van der Waals surface area contributed by atoms with E-state index in [-0.39, 0.29) is 61.4 Å². The smallest absolute Gasteiger partial charge is 0.243 e. The Kier molecular flexibility index (Phi) is 9.23. The summed E-state index contributed by atoms with van der Waals surface area (Å²) in [6.45, 7) is 2.17. The maximum Gasteiger partial charge on any atom is 0.243 e. The van der Waals surface area contributed by atoms with E-state index in [1.807, 2.05) is 49.4 Å². The number of hydrogen-bond acceptors (Lipinski definition) is 4. The fraction of sp³-hybridized carbons (Fsp3) is 0.379. The SMILES string of the molecule is CCNC(=O)[C@@H](Cc1ccccc1)N(Cc1c(Cl)cccc1Cl)C(=O)CCN1C(=O)[C@H]2CC=CC[C@H]2C1=O. The first-order valence-corrected chi connectivity index (χ1v) is 13.6. The van der Waals surface area contributed by atoms with Crippen molar-refractivity contribution in [3.8, 4) is 0 Å². The highest BCUT2D eigenvalue weighted by Gasteiger charge is 2.47. The van der Waals surface area contributed by atoms with Crippen LogP contribution in [0.15, 0.2) is 60.7 Å². The summed E-state index contributed by atoms with van der Waals surface area (Å²) in [5.41, 5.74) is 1.41. The molecule has 1 aliphatic heterocycles. The summed E-state index contributed by atoms with van der Waals surface area (Å²) in [5.74, 6) is -1.87. The van der Waals surface area contributed by atoms with Crippen molar-refractivity contribution in [1.82, 2.24) is 15.1 Å². The van der Waals surface area contributed by atoms with Crippen LogP contribution in [0.4, 0.5) is 0 Å². The molecular weight excluding hydrogens is 525 g/mol. The van der Waals surface area contributed by atoms with E-state index in [0.717, 1.165) is 5.56 Å². The summed E-state index contributed by atoms with van der Waals surface area (Å²) in [4.78, 5) is 55.6. The molecule has 1 saturated heterocycles. The minimum absolute atomic E-state index is 0.00301. The molecule has 200 valence electrons. The molecule has 4 rings (SSSR count). The van der Waals surface area contributed by atoms with Crippen LogP contribution in [0.1, 0.15) is 37.3 Å². The molecule has 0 radical (unpaired) electrons. The number of nitrogens with zero attached hydrogens (tertiary/aromatic N) is 2. The molecule has 0 spiro atoms. The van der Waals surface area contributed by atoms with E-state index in [1.54, 1.807) is 18.2 Å². The Morgan fingerprint density at radius 3 is 2.16 bits per heavy atom. The Hall–Kier alpha value is -3.16. The molecule has 1 N–H and O–H groups in total. The third kappa shape index (κ3) is 6.11. The number of benzene rings is 2. The van der Waals surface area contributed by atoms with Gasteiger partial charge >= 0.3 is 0 Å². The average Bonchev–Trinajstić information content (AvgIpc) is 3.16. The van der Waals surface area contributed by atoms with Gasteiger partial charge < -0.3 is 10.2 Å². The van der Waals surface area contributed by atoms with Crippen LogP contribution in [0.2, 0.25) is 10.0 Å². The molecule has 2 aromatic rings. The van der Waals surface area contributed by atoms with Crippen molar-refractivity contribution in [2.45, 2.75) is 45.2 Å². The van der Waals surface area contributed by atoms with Gasteiger partial charge in [0.15, 0.2) is 0 Å². The van der Waals surface area contributed by atoms with Gasteiger partial charge in [0.2, 0.25) is 23.6 Å². The number of halogens is 2. The average molecular weight is 556 g/mol. The minimum atomic E-state index is -0.853. The van der Waals surface area contributed by atoms with Crippen molar-refractivity contribution in [2.75, 3.05) is 13.1 Å². The van der Waals surface area contributed by atoms with E-state index in [1.165, 1.54) is 9.80 Å². The fourth-order valence-corrected chi connectivity index (χ4v) is 5.66. The van der Waals surface area contributed by atoms with Gasteiger partial charge in [-0.25, -0.2) is 0 Å². The number of likely N-dealkylation sites (tertiary alicyclic amines) is 1. The zero-order valence-electron chi connectivity index (χ0n) is 21.2. The van der Waals surface area contributed by atoms with E-state index in [0.29, 0.717) is 35.0 Å². The first kappa shape index (κ1) is 27.9. The molecule has 9 heteroatoms. The molecule has 3 atom stereocenters. The number of nitrogens with one attached hydrogen (secondary N) is 1. The topological polar surface area (TPSA) is 86.8 Å². The summed E-state index contributed by atoms with van der Waals surface area (Å²) in [6, 6.07) is 13.7. The highest BCUT2D eigenvalue weighted by atomic mass is 35.5. The van der Waals surface area contributed by atoms with Crippen LogP contribution in [0.25, 0.3) is 0 Å². The Bertz CT molecular complexity index is 1190. The van der Waals surface area contributed by atoms with Crippen molar-refractivity contribution < 1.29 is 19.2 Å². The highest BCUT2D eigenvalue weighted by molar-refractivity contribution is 6.36. The third-order valence-electron chi connectivity index (χ3n) is 7.16. The van der Waals surface area contributed by atoms with Crippen LogP contribution >= 0.6 is 23.2 Å². The first-order valence-electron chi connectivity index (χ1n) is 12.9. The lowest BCUT2D eigenvalue weighted by Gasteiger charge is -2.32. The summed E-state index contributed by atoms with van der Waals surface area (Å²) in [6.07, 6.45) is 5.09. The molecule has 1 fully saturated rings. The number of likely N-dealkylation sites (N-methyl/N-ethyl adjacent to an activating group) is 1. The minimum Gasteiger partial charge on any atom is -0.355 e. The zero-order valence-corrected chi connectivity index (χ0v) is 22.8. The lowest BCUT2D eigenvalue weighted by molar-refractivity contribution is -0.144. The predicted molar refractivity (Wildman–Crippen MR) is 146 cm³/mol. The van der Waals surface area contributed by atoms with Crippen LogP contribution < -0.4 is 5.32 Å². The summed E-state index contributed by atoms with van der Waals surface area (Å²) < 4.78 is 0. The van der Waals surface area contributed by atoms with Gasteiger partial charge in [0, 0.05) is 48.1 Å². The third-order valence-corrected chi connectivity index (χ3v) is 7.87. The normalized spacial score (nSPS) is 19.3. The summed E-state index contributed by atoms with van der Waals surface area (Å²) in [7, 11) is 0. The Morgan fingerprint density at radius 1 is 0.974 bits per heavy atom. The van der Waals surface area contributed by atoms with E-state index in [2.05, 4.69) is 5.32 Å². The molecule has 1 heterocycles. The van der Waals surface area contributed by atoms with Gasteiger partial charge in [-0.15, -0.1) is 0 Å².